The number of fused-ring (bicyclic) bond motifs is 1. The van der Waals surface area contributed by atoms with Crippen LogP contribution in [0, 0.1) is 11.7 Å². The van der Waals surface area contributed by atoms with Gasteiger partial charge in [0, 0.05) is 0 Å². The number of aromatic amines is 2. The number of nitrogens with one attached hydrogen (secondary N) is 2. The highest BCUT2D eigenvalue weighted by Crippen LogP contribution is 2.14. The van der Waals surface area contributed by atoms with Gasteiger partial charge in [-0.2, -0.15) is 4.37 Å². The van der Waals surface area contributed by atoms with Crippen molar-refractivity contribution in [2.75, 3.05) is 0 Å². The zero-order chi connectivity index (χ0) is 8.72. The lowest BCUT2D eigenvalue weighted by molar-refractivity contribution is 1.14. The van der Waals surface area contributed by atoms with Gasteiger partial charge in [0.15, 0.2) is 4.77 Å². The topological polar surface area (TPSA) is 61.5 Å². The van der Waals surface area contributed by atoms with Crippen LogP contribution in [-0.4, -0.2) is 14.3 Å². The van der Waals surface area contributed by atoms with Gasteiger partial charge in [-0.05, 0) is 30.7 Å². The van der Waals surface area contributed by atoms with E-state index in [9.17, 15) is 4.79 Å². The largest absolute Gasteiger partial charge is 0.322 e. The maximum Gasteiger partial charge on any atom is 0.262 e. The van der Waals surface area contributed by atoms with E-state index in [0.29, 0.717) is 10.2 Å². The van der Waals surface area contributed by atoms with Crippen LogP contribution >= 0.6 is 23.8 Å². The Kier molecular flexibility index (Phi) is 1.59. The summed E-state index contributed by atoms with van der Waals surface area (Å²) in [6, 6.07) is 0. The molecule has 0 radical (unpaired) electrons. The quantitative estimate of drug-likeness (QED) is 0.629. The Balaban J connectivity index is 3.13. The van der Waals surface area contributed by atoms with Gasteiger partial charge >= 0.3 is 0 Å². The molecular weight excluding hydrogens is 194 g/mol. The van der Waals surface area contributed by atoms with E-state index in [1.165, 1.54) is 11.5 Å². The smallest absolute Gasteiger partial charge is 0.262 e. The molecule has 62 valence electrons. The number of rotatable bonds is 0. The van der Waals surface area contributed by atoms with Crippen LogP contribution in [0.3, 0.4) is 0 Å². The Bertz CT molecular complexity index is 535. The van der Waals surface area contributed by atoms with Crippen molar-refractivity contribution in [2.24, 2.45) is 0 Å². The third kappa shape index (κ3) is 0.997. The van der Waals surface area contributed by atoms with Crippen LogP contribution in [0.5, 0.6) is 0 Å². The van der Waals surface area contributed by atoms with Gasteiger partial charge in [-0.1, -0.05) is 0 Å². The second kappa shape index (κ2) is 2.49. The van der Waals surface area contributed by atoms with Crippen molar-refractivity contribution < 1.29 is 0 Å². The second-order valence-corrected chi connectivity index (χ2v) is 3.56. The fourth-order valence-electron chi connectivity index (χ4n) is 1.02. The highest BCUT2D eigenvalue weighted by molar-refractivity contribution is 7.71. The van der Waals surface area contributed by atoms with Crippen LogP contribution in [0.1, 0.15) is 5.69 Å². The highest BCUT2D eigenvalue weighted by Gasteiger charge is 2.05. The summed E-state index contributed by atoms with van der Waals surface area (Å²) < 4.78 is 4.39. The summed E-state index contributed by atoms with van der Waals surface area (Å²) in [5.41, 5.74) is 0.572. The molecule has 12 heavy (non-hydrogen) atoms. The van der Waals surface area contributed by atoms with Crippen LogP contribution < -0.4 is 5.56 Å². The Hall–Kier alpha value is -1.01. The monoisotopic (exact) mass is 199 g/mol. The molecule has 2 aromatic rings. The molecule has 0 bridgehead atoms. The second-order valence-electron chi connectivity index (χ2n) is 2.38. The predicted octanol–water partition coefficient (Wildman–Crippen LogP) is 1.35. The van der Waals surface area contributed by atoms with Crippen molar-refractivity contribution in [2.45, 2.75) is 6.92 Å². The molecule has 0 aliphatic heterocycles. The minimum atomic E-state index is -0.167. The maximum absolute atomic E-state index is 11.3. The standard InChI is InChI=1S/C6H5N3OS2/c1-2-3-4(10)7-6(11)8-5(3)12-9-2/h1H3,(H2,7,8,10,11). The van der Waals surface area contributed by atoms with E-state index < -0.39 is 0 Å². The minimum Gasteiger partial charge on any atom is -0.322 e. The van der Waals surface area contributed by atoms with Gasteiger partial charge in [0.1, 0.15) is 4.83 Å². The first-order chi connectivity index (χ1) is 5.68. The third-order valence-corrected chi connectivity index (χ3v) is 2.60. The average molecular weight is 199 g/mol. The van der Waals surface area contributed by atoms with Crippen molar-refractivity contribution in [3.05, 3.63) is 20.8 Å². The molecule has 0 aliphatic rings. The van der Waals surface area contributed by atoms with E-state index in [-0.39, 0.29) is 5.56 Å². The molecule has 0 aliphatic carbocycles. The van der Waals surface area contributed by atoms with E-state index in [1.807, 2.05) is 0 Å². The number of hydrogen-bond donors (Lipinski definition) is 2. The van der Waals surface area contributed by atoms with Gasteiger partial charge < -0.3 is 4.98 Å². The lowest BCUT2D eigenvalue weighted by Gasteiger charge is -1.87. The predicted molar refractivity (Wildman–Crippen MR) is 50.2 cm³/mol. The van der Waals surface area contributed by atoms with E-state index >= 15 is 0 Å². The first kappa shape index (κ1) is 7.63. The van der Waals surface area contributed by atoms with Crippen LogP contribution in [0.4, 0.5) is 0 Å². The fourth-order valence-corrected chi connectivity index (χ4v) is 2.08. The average Bonchev–Trinajstić information content (AvgIpc) is 2.31. The summed E-state index contributed by atoms with van der Waals surface area (Å²) in [5.74, 6) is 0. The molecule has 2 aromatic heterocycles. The number of nitrogens with zero attached hydrogens (tertiary/aromatic N) is 1. The lowest BCUT2D eigenvalue weighted by Crippen LogP contribution is -2.06. The highest BCUT2D eigenvalue weighted by atomic mass is 32.1. The van der Waals surface area contributed by atoms with Crippen LogP contribution in [0.2, 0.25) is 0 Å². The molecule has 0 aromatic carbocycles. The Morgan fingerprint density at radius 2 is 2.25 bits per heavy atom. The normalized spacial score (nSPS) is 10.8. The molecule has 6 heteroatoms. The minimum absolute atomic E-state index is 0.167. The first-order valence-electron chi connectivity index (χ1n) is 3.27. The molecule has 2 N–H and O–H groups in total. The molecule has 2 rings (SSSR count). The Morgan fingerprint density at radius 3 is 3.00 bits per heavy atom. The van der Waals surface area contributed by atoms with E-state index in [4.69, 9.17) is 12.2 Å². The summed E-state index contributed by atoms with van der Waals surface area (Å²) in [4.78, 5) is 17.4. The zero-order valence-corrected chi connectivity index (χ0v) is 7.80. The molecular formula is C6H5N3OS2. The van der Waals surface area contributed by atoms with Crippen LogP contribution in [-0.2, 0) is 0 Å². The zero-order valence-electron chi connectivity index (χ0n) is 6.17. The summed E-state index contributed by atoms with van der Waals surface area (Å²) in [6.45, 7) is 1.80. The summed E-state index contributed by atoms with van der Waals surface area (Å²) in [5, 5.41) is 0.605. The molecule has 0 saturated carbocycles. The molecule has 0 amide bonds. The number of aryl methyl sites for hydroxylation is 1. The van der Waals surface area contributed by atoms with Gasteiger partial charge in [-0.3, -0.25) is 9.78 Å². The summed E-state index contributed by atoms with van der Waals surface area (Å²) in [7, 11) is 0. The van der Waals surface area contributed by atoms with Gasteiger partial charge in [-0.15, -0.1) is 0 Å². The summed E-state index contributed by atoms with van der Waals surface area (Å²) in [6.07, 6.45) is 0. The van der Waals surface area contributed by atoms with Crippen molar-refractivity contribution in [1.82, 2.24) is 14.3 Å². The van der Waals surface area contributed by atoms with E-state index in [2.05, 4.69) is 14.3 Å². The van der Waals surface area contributed by atoms with Crippen LogP contribution in [0.15, 0.2) is 4.79 Å². The van der Waals surface area contributed by atoms with Gasteiger partial charge in [0.25, 0.3) is 5.56 Å². The van der Waals surface area contributed by atoms with E-state index in [0.717, 1.165) is 10.5 Å². The molecule has 4 nitrogen and oxygen atoms in total. The number of aromatic nitrogens is 3. The maximum atomic E-state index is 11.3. The van der Waals surface area contributed by atoms with Gasteiger partial charge in [0.05, 0.1) is 11.1 Å². The van der Waals surface area contributed by atoms with Crippen LogP contribution in [0.25, 0.3) is 10.2 Å². The number of H-pyrrole nitrogens is 2. The first-order valence-corrected chi connectivity index (χ1v) is 4.45. The van der Waals surface area contributed by atoms with Gasteiger partial charge in [-0.25, -0.2) is 0 Å². The van der Waals surface area contributed by atoms with Crippen molar-refractivity contribution in [1.29, 1.82) is 0 Å². The summed E-state index contributed by atoms with van der Waals surface area (Å²) >= 11 is 6.05. The lowest BCUT2D eigenvalue weighted by atomic mass is 10.3. The molecule has 0 saturated heterocycles. The SMILES string of the molecule is Cc1nsc2[nH]c(=S)[nH]c(=O)c12. The number of hydrogen-bond acceptors (Lipinski definition) is 4. The third-order valence-electron chi connectivity index (χ3n) is 1.54. The molecule has 2 heterocycles. The molecule has 0 unspecified atom stereocenters. The fraction of sp³-hybridized carbons (Fsp3) is 0.167. The molecule has 0 atom stereocenters. The van der Waals surface area contributed by atoms with E-state index in [1.54, 1.807) is 6.92 Å². The molecule has 0 fully saturated rings. The molecule has 0 spiro atoms. The van der Waals surface area contributed by atoms with Gasteiger partial charge in [0.2, 0.25) is 0 Å². The van der Waals surface area contributed by atoms with Crippen molar-refractivity contribution >= 4 is 34.0 Å². The van der Waals surface area contributed by atoms with Crippen molar-refractivity contribution in [3.8, 4) is 0 Å². The van der Waals surface area contributed by atoms with Crippen molar-refractivity contribution in [3.63, 3.8) is 0 Å². The Morgan fingerprint density at radius 1 is 1.50 bits per heavy atom. The Labute approximate surface area is 76.4 Å².